The van der Waals surface area contributed by atoms with Crippen LogP contribution in [0.15, 0.2) is 212 Å². The lowest BCUT2D eigenvalue weighted by Crippen LogP contribution is -2.86. The molecule has 0 atom stereocenters. The van der Waals surface area contributed by atoms with Crippen molar-refractivity contribution in [2.24, 2.45) is 0 Å². The highest BCUT2D eigenvalue weighted by Gasteiger charge is 2.55. The van der Waals surface area contributed by atoms with Gasteiger partial charge in [0.05, 0.1) is 21.3 Å². The summed E-state index contributed by atoms with van der Waals surface area (Å²) in [5.41, 5.74) is 11.5. The minimum absolute atomic E-state index is 0.215. The van der Waals surface area contributed by atoms with Crippen LogP contribution in [0.5, 0.6) is 0 Å². The SMILES string of the molecule is [2H]C([2H])([2H])c1cccc2c1nc1sc3c(-c4cccc(N5B(c6ccccc6)N(c6ccccc6)B(c6ccccc6)N(c6ccccc6)B5c5ccccc5)c4)cccc3n12. The molecule has 11 rings (SSSR count). The van der Waals surface area contributed by atoms with Gasteiger partial charge in [0.2, 0.25) is 0 Å². The average Bonchev–Trinajstić information content (AvgIpc) is 3.88. The van der Waals surface area contributed by atoms with Crippen LogP contribution in [0, 0.1) is 6.85 Å². The maximum absolute atomic E-state index is 8.19. The predicted octanol–water partition coefficient (Wildman–Crippen LogP) is 9.70. The molecule has 3 heterocycles. The van der Waals surface area contributed by atoms with Gasteiger partial charge >= 0.3 is 20.9 Å². The third kappa shape index (κ3) is 6.00. The second-order valence-corrected chi connectivity index (χ2v) is 15.9. The van der Waals surface area contributed by atoms with E-state index in [1.807, 2.05) is 12.1 Å². The van der Waals surface area contributed by atoms with Gasteiger partial charge in [0.1, 0.15) is 0 Å². The first-order chi connectivity index (χ1) is 30.4. The summed E-state index contributed by atoms with van der Waals surface area (Å²) in [6.45, 7) is -3.00. The van der Waals surface area contributed by atoms with E-state index in [1.165, 1.54) is 16.4 Å². The van der Waals surface area contributed by atoms with Crippen LogP contribution in [0.2, 0.25) is 0 Å². The van der Waals surface area contributed by atoms with Crippen molar-refractivity contribution < 1.29 is 4.11 Å². The maximum atomic E-state index is 8.19. The number of rotatable bonds is 7. The van der Waals surface area contributed by atoms with Crippen molar-refractivity contribution in [2.45, 2.75) is 6.85 Å². The zero-order valence-corrected chi connectivity index (χ0v) is 32.9. The van der Waals surface area contributed by atoms with Crippen molar-refractivity contribution in [1.82, 2.24) is 9.38 Å². The van der Waals surface area contributed by atoms with Crippen LogP contribution in [0.1, 0.15) is 9.68 Å². The Kier molecular flexibility index (Phi) is 8.02. The number of aromatic nitrogens is 2. The highest BCUT2D eigenvalue weighted by atomic mass is 32.1. The summed E-state index contributed by atoms with van der Waals surface area (Å²) in [5.74, 6) is 0. The number of imidazole rings is 1. The fourth-order valence-electron chi connectivity index (χ4n) is 9.03. The second kappa shape index (κ2) is 14.8. The van der Waals surface area contributed by atoms with E-state index in [0.29, 0.717) is 5.52 Å². The van der Waals surface area contributed by atoms with E-state index in [1.54, 1.807) is 17.4 Å². The summed E-state index contributed by atoms with van der Waals surface area (Å²) in [4.78, 5) is 5.71. The third-order valence-electron chi connectivity index (χ3n) is 11.5. The Morgan fingerprint density at radius 3 is 1.46 bits per heavy atom. The van der Waals surface area contributed by atoms with E-state index in [9.17, 15) is 0 Å². The Balaban J connectivity index is 1.17. The molecule has 2 aromatic heterocycles. The molecule has 1 saturated heterocycles. The smallest absolute Gasteiger partial charge is 0.388 e. The molecule has 59 heavy (non-hydrogen) atoms. The van der Waals surface area contributed by atoms with Crippen LogP contribution in [0.4, 0.5) is 17.1 Å². The lowest BCUT2D eigenvalue weighted by Gasteiger charge is -2.57. The number of aryl methyl sites for hydroxylation is 1. The van der Waals surface area contributed by atoms with Crippen molar-refractivity contribution in [3.05, 3.63) is 218 Å². The molecule has 0 radical (unpaired) electrons. The van der Waals surface area contributed by atoms with E-state index in [4.69, 9.17) is 9.10 Å². The average molecular weight is 776 g/mol. The van der Waals surface area contributed by atoms with Crippen molar-refractivity contribution in [2.75, 3.05) is 14.2 Å². The number of benzene rings is 8. The van der Waals surface area contributed by atoms with Gasteiger partial charge in [-0.15, -0.1) is 0 Å². The molecule has 0 aliphatic carbocycles. The molecular weight excluding hydrogens is 735 g/mol. The van der Waals surface area contributed by atoms with Gasteiger partial charge in [-0.25, -0.2) is 4.98 Å². The molecule has 278 valence electrons. The first-order valence-electron chi connectivity index (χ1n) is 21.5. The van der Waals surface area contributed by atoms with Crippen LogP contribution >= 0.6 is 11.3 Å². The summed E-state index contributed by atoms with van der Waals surface area (Å²) >= 11 is 1.60. The van der Waals surface area contributed by atoms with Gasteiger partial charge in [-0.3, -0.25) is 4.40 Å². The number of thiazole rings is 1. The summed E-state index contributed by atoms with van der Waals surface area (Å²) in [6, 6.07) is 75.1. The number of para-hydroxylation sites is 3. The van der Waals surface area contributed by atoms with E-state index < -0.39 is 6.85 Å². The molecular formula is C50H38B3N5S. The fourth-order valence-corrected chi connectivity index (χ4v) is 10.2. The Bertz CT molecular complexity index is 3080. The van der Waals surface area contributed by atoms with Crippen molar-refractivity contribution in [3.8, 4) is 11.1 Å². The summed E-state index contributed by atoms with van der Waals surface area (Å²) in [5, 5.41) is 0. The molecule has 1 aliphatic heterocycles. The zero-order valence-electron chi connectivity index (χ0n) is 35.1. The molecule has 0 spiro atoms. The Hall–Kier alpha value is -6.96. The van der Waals surface area contributed by atoms with Gasteiger partial charge in [-0.1, -0.05) is 175 Å². The Labute approximate surface area is 354 Å². The van der Waals surface area contributed by atoms with Crippen LogP contribution in [0.25, 0.3) is 37.3 Å². The first kappa shape index (κ1) is 32.1. The predicted molar refractivity (Wildman–Crippen MR) is 254 cm³/mol. The molecule has 10 aromatic rings. The van der Waals surface area contributed by atoms with Crippen LogP contribution in [0.3, 0.4) is 0 Å². The topological polar surface area (TPSA) is 27.0 Å². The molecule has 1 aliphatic rings. The zero-order chi connectivity index (χ0) is 41.8. The van der Waals surface area contributed by atoms with E-state index in [-0.39, 0.29) is 26.5 Å². The van der Waals surface area contributed by atoms with Crippen LogP contribution in [-0.4, -0.2) is 30.3 Å². The highest BCUT2D eigenvalue weighted by Crippen LogP contribution is 2.40. The summed E-state index contributed by atoms with van der Waals surface area (Å²) in [7, 11) is 0. The molecule has 0 saturated carbocycles. The lowest BCUT2D eigenvalue weighted by atomic mass is 9.37. The number of hydrogen-bond donors (Lipinski definition) is 0. The van der Waals surface area contributed by atoms with Crippen LogP contribution in [-0.2, 0) is 0 Å². The molecule has 0 amide bonds. The standard InChI is InChI=1S/C50H38B3N5S/c1-37-20-17-34-46-48(37)54-50-55(46)47-35-19-33-45(49(47)59-50)38-21-18-32-44(36-38)58-52(40-24-9-3-10-25-40)56(42-28-13-5-14-29-42)51(39-22-7-2-8-23-39)57(43-30-15-6-16-31-43)53(58)41-26-11-4-12-27-41/h2-36H,1H3/i1D3. The first-order valence-corrected chi connectivity index (χ1v) is 20.8. The lowest BCUT2D eigenvalue weighted by molar-refractivity contribution is 1.29. The highest BCUT2D eigenvalue weighted by molar-refractivity contribution is 7.24. The Morgan fingerprint density at radius 2 is 0.915 bits per heavy atom. The normalized spacial score (nSPS) is 14.3. The fraction of sp³-hybridized carbons (Fsp3) is 0.0200. The van der Waals surface area contributed by atoms with Crippen LogP contribution < -0.4 is 30.6 Å². The van der Waals surface area contributed by atoms with E-state index >= 15 is 0 Å². The van der Waals surface area contributed by atoms with Gasteiger partial charge in [0, 0.05) is 26.7 Å². The number of hydrogen-bond acceptors (Lipinski definition) is 5. The molecule has 8 aromatic carbocycles. The van der Waals surface area contributed by atoms with Gasteiger partial charge in [0.15, 0.2) is 4.96 Å². The molecule has 5 nitrogen and oxygen atoms in total. The van der Waals surface area contributed by atoms with Gasteiger partial charge in [0.25, 0.3) is 0 Å². The van der Waals surface area contributed by atoms with Gasteiger partial charge in [-0.05, 0) is 82.9 Å². The maximum Gasteiger partial charge on any atom is 0.388 e. The van der Waals surface area contributed by atoms with E-state index in [2.05, 4.69) is 213 Å². The van der Waals surface area contributed by atoms with E-state index in [0.717, 1.165) is 48.9 Å². The van der Waals surface area contributed by atoms with Crippen molar-refractivity contribution >= 4 is 91.9 Å². The number of fused-ring (bicyclic) bond motifs is 5. The summed E-state index contributed by atoms with van der Waals surface area (Å²) < 4.78 is 35.5. The van der Waals surface area contributed by atoms with Crippen molar-refractivity contribution in [1.29, 1.82) is 0 Å². The molecule has 1 fully saturated rings. The Morgan fingerprint density at radius 1 is 0.458 bits per heavy atom. The van der Waals surface area contributed by atoms with Gasteiger partial charge in [-0.2, -0.15) is 0 Å². The second-order valence-electron chi connectivity index (χ2n) is 15.0. The summed E-state index contributed by atoms with van der Waals surface area (Å²) in [6.07, 6.45) is 0. The monoisotopic (exact) mass is 776 g/mol. The minimum atomic E-state index is -2.26. The largest absolute Gasteiger partial charge is 0.416 e. The third-order valence-corrected chi connectivity index (χ3v) is 12.6. The molecule has 0 bridgehead atoms. The minimum Gasteiger partial charge on any atom is -0.416 e. The molecule has 9 heteroatoms. The molecule has 0 N–H and O–H groups in total. The number of anilines is 3. The van der Waals surface area contributed by atoms with Crippen molar-refractivity contribution in [3.63, 3.8) is 0 Å². The molecule has 0 unspecified atom stereocenters. The van der Waals surface area contributed by atoms with Gasteiger partial charge < -0.3 is 14.2 Å². The number of nitrogens with zero attached hydrogens (tertiary/aromatic N) is 5. The quantitative estimate of drug-likeness (QED) is 0.151.